The standard InChI is InChI=1S/C14H15N5O2/c1-8(2)13-12(14(20)21)17-18-19(13)7-11-15-9-5-3-4-6-10(9)16-11/h3-6,8H,7H2,1-2H3,(H,15,16)(H,20,21). The second-order valence-electron chi connectivity index (χ2n) is 5.14. The fourth-order valence-electron chi connectivity index (χ4n) is 2.38. The van der Waals surface area contributed by atoms with Crippen LogP contribution in [0.25, 0.3) is 11.0 Å². The number of H-pyrrole nitrogens is 1. The van der Waals surface area contributed by atoms with Gasteiger partial charge in [-0.1, -0.05) is 31.2 Å². The van der Waals surface area contributed by atoms with Gasteiger partial charge in [-0.25, -0.2) is 14.5 Å². The van der Waals surface area contributed by atoms with Crippen LogP contribution < -0.4 is 0 Å². The minimum atomic E-state index is -1.06. The van der Waals surface area contributed by atoms with Crippen molar-refractivity contribution in [2.75, 3.05) is 0 Å². The zero-order chi connectivity index (χ0) is 15.0. The van der Waals surface area contributed by atoms with Crippen LogP contribution in [-0.4, -0.2) is 36.0 Å². The second-order valence-corrected chi connectivity index (χ2v) is 5.14. The smallest absolute Gasteiger partial charge is 0.358 e. The van der Waals surface area contributed by atoms with Crippen LogP contribution in [-0.2, 0) is 6.54 Å². The molecular formula is C14H15N5O2. The molecule has 0 aliphatic carbocycles. The summed E-state index contributed by atoms with van der Waals surface area (Å²) in [5.74, 6) is -0.329. The summed E-state index contributed by atoms with van der Waals surface area (Å²) < 4.78 is 1.59. The van der Waals surface area contributed by atoms with Crippen molar-refractivity contribution in [3.63, 3.8) is 0 Å². The lowest BCUT2D eigenvalue weighted by Gasteiger charge is -2.08. The number of rotatable bonds is 4. The van der Waals surface area contributed by atoms with Gasteiger partial charge in [-0.15, -0.1) is 5.10 Å². The molecule has 2 heterocycles. The van der Waals surface area contributed by atoms with E-state index in [2.05, 4.69) is 20.3 Å². The number of carboxylic acids is 1. The van der Waals surface area contributed by atoms with Crippen LogP contribution in [0.1, 0.15) is 41.8 Å². The Bertz CT molecular complexity index is 770. The third-order valence-electron chi connectivity index (χ3n) is 3.26. The van der Waals surface area contributed by atoms with Gasteiger partial charge in [0.15, 0.2) is 5.69 Å². The normalized spacial score (nSPS) is 11.4. The van der Waals surface area contributed by atoms with Gasteiger partial charge in [0.05, 0.1) is 16.7 Å². The van der Waals surface area contributed by atoms with Crippen LogP contribution in [0, 0.1) is 0 Å². The first-order valence-corrected chi connectivity index (χ1v) is 6.66. The molecule has 2 aromatic heterocycles. The van der Waals surface area contributed by atoms with Gasteiger partial charge >= 0.3 is 5.97 Å². The van der Waals surface area contributed by atoms with E-state index in [1.54, 1.807) is 4.68 Å². The maximum atomic E-state index is 11.2. The molecule has 2 N–H and O–H groups in total. The topological polar surface area (TPSA) is 96.7 Å². The van der Waals surface area contributed by atoms with Crippen LogP contribution >= 0.6 is 0 Å². The van der Waals surface area contributed by atoms with Crippen molar-refractivity contribution in [1.82, 2.24) is 25.0 Å². The predicted octanol–water partition coefficient (Wildman–Crippen LogP) is 2.02. The van der Waals surface area contributed by atoms with Crippen molar-refractivity contribution in [2.45, 2.75) is 26.3 Å². The molecule has 0 saturated carbocycles. The quantitative estimate of drug-likeness (QED) is 0.764. The Morgan fingerprint density at radius 1 is 1.38 bits per heavy atom. The van der Waals surface area contributed by atoms with E-state index in [0.29, 0.717) is 12.2 Å². The molecule has 0 spiro atoms. The summed E-state index contributed by atoms with van der Waals surface area (Å²) in [6.45, 7) is 4.20. The van der Waals surface area contributed by atoms with Gasteiger partial charge in [0.25, 0.3) is 0 Å². The monoisotopic (exact) mass is 285 g/mol. The number of aromatic nitrogens is 5. The molecule has 0 amide bonds. The van der Waals surface area contributed by atoms with Crippen molar-refractivity contribution < 1.29 is 9.90 Å². The first-order chi connectivity index (χ1) is 10.1. The number of imidazole rings is 1. The number of benzene rings is 1. The SMILES string of the molecule is CC(C)c1c(C(=O)O)nnn1Cc1nc2ccccc2[nH]1. The Morgan fingerprint density at radius 3 is 2.81 bits per heavy atom. The second kappa shape index (κ2) is 5.01. The molecule has 0 atom stereocenters. The molecule has 0 radical (unpaired) electrons. The average Bonchev–Trinajstić information content (AvgIpc) is 3.01. The van der Waals surface area contributed by atoms with Crippen LogP contribution in [0.2, 0.25) is 0 Å². The van der Waals surface area contributed by atoms with E-state index in [1.165, 1.54) is 0 Å². The molecular weight excluding hydrogens is 270 g/mol. The van der Waals surface area contributed by atoms with Gasteiger partial charge in [0.1, 0.15) is 12.4 Å². The number of hydrogen-bond acceptors (Lipinski definition) is 4. The number of carboxylic acid groups (broad SMARTS) is 1. The van der Waals surface area contributed by atoms with Gasteiger partial charge in [0.2, 0.25) is 0 Å². The summed E-state index contributed by atoms with van der Waals surface area (Å²) in [6.07, 6.45) is 0. The minimum absolute atomic E-state index is 0.00103. The third kappa shape index (κ3) is 2.37. The first-order valence-electron chi connectivity index (χ1n) is 6.66. The number of carbonyl (C=O) groups is 1. The summed E-state index contributed by atoms with van der Waals surface area (Å²) in [5, 5.41) is 16.9. The zero-order valence-electron chi connectivity index (χ0n) is 11.7. The van der Waals surface area contributed by atoms with E-state index in [1.807, 2.05) is 38.1 Å². The lowest BCUT2D eigenvalue weighted by atomic mass is 10.1. The predicted molar refractivity (Wildman–Crippen MR) is 76.3 cm³/mol. The minimum Gasteiger partial charge on any atom is -0.476 e. The number of nitrogens with one attached hydrogen (secondary N) is 1. The highest BCUT2D eigenvalue weighted by Crippen LogP contribution is 2.19. The number of fused-ring (bicyclic) bond motifs is 1. The van der Waals surface area contributed by atoms with Gasteiger partial charge in [-0.3, -0.25) is 0 Å². The highest BCUT2D eigenvalue weighted by Gasteiger charge is 2.22. The maximum absolute atomic E-state index is 11.2. The Hall–Kier alpha value is -2.70. The molecule has 0 unspecified atom stereocenters. The summed E-state index contributed by atoms with van der Waals surface area (Å²) in [7, 11) is 0. The molecule has 3 aromatic rings. The fraction of sp³-hybridized carbons (Fsp3) is 0.286. The Balaban J connectivity index is 1.99. The summed E-state index contributed by atoms with van der Waals surface area (Å²) in [4.78, 5) is 18.9. The number of para-hydroxylation sites is 2. The van der Waals surface area contributed by atoms with Crippen LogP contribution in [0.5, 0.6) is 0 Å². The van der Waals surface area contributed by atoms with Crippen molar-refractivity contribution in [2.24, 2.45) is 0 Å². The largest absolute Gasteiger partial charge is 0.476 e. The Morgan fingerprint density at radius 2 is 2.14 bits per heavy atom. The number of aromatic carboxylic acids is 1. The van der Waals surface area contributed by atoms with Crippen molar-refractivity contribution in [1.29, 1.82) is 0 Å². The van der Waals surface area contributed by atoms with Gasteiger partial charge in [0, 0.05) is 0 Å². The average molecular weight is 285 g/mol. The molecule has 21 heavy (non-hydrogen) atoms. The number of hydrogen-bond donors (Lipinski definition) is 2. The van der Waals surface area contributed by atoms with Crippen LogP contribution in [0.15, 0.2) is 24.3 Å². The van der Waals surface area contributed by atoms with E-state index < -0.39 is 5.97 Å². The maximum Gasteiger partial charge on any atom is 0.358 e. The van der Waals surface area contributed by atoms with E-state index in [9.17, 15) is 4.79 Å². The Labute approximate surface area is 120 Å². The third-order valence-corrected chi connectivity index (χ3v) is 3.26. The Kier molecular flexibility index (Phi) is 3.17. The number of nitrogens with zero attached hydrogens (tertiary/aromatic N) is 4. The van der Waals surface area contributed by atoms with E-state index in [4.69, 9.17) is 5.11 Å². The fourth-order valence-corrected chi connectivity index (χ4v) is 2.38. The first kappa shape index (κ1) is 13.3. The molecule has 108 valence electrons. The molecule has 0 aliphatic heterocycles. The van der Waals surface area contributed by atoms with Gasteiger partial charge < -0.3 is 10.1 Å². The molecule has 0 saturated heterocycles. The van der Waals surface area contributed by atoms with E-state index in [0.717, 1.165) is 16.9 Å². The summed E-state index contributed by atoms with van der Waals surface area (Å²) in [6, 6.07) is 7.72. The van der Waals surface area contributed by atoms with Crippen molar-refractivity contribution >= 4 is 17.0 Å². The zero-order valence-corrected chi connectivity index (χ0v) is 11.7. The molecule has 1 aromatic carbocycles. The van der Waals surface area contributed by atoms with Crippen molar-refractivity contribution in [3.05, 3.63) is 41.5 Å². The van der Waals surface area contributed by atoms with Crippen molar-refractivity contribution in [3.8, 4) is 0 Å². The van der Waals surface area contributed by atoms with Crippen LogP contribution in [0.3, 0.4) is 0 Å². The molecule has 7 nitrogen and oxygen atoms in total. The summed E-state index contributed by atoms with van der Waals surface area (Å²) in [5.41, 5.74) is 2.42. The van der Waals surface area contributed by atoms with Crippen LogP contribution in [0.4, 0.5) is 0 Å². The highest BCUT2D eigenvalue weighted by atomic mass is 16.4. The molecule has 0 fully saturated rings. The molecule has 0 aliphatic rings. The lowest BCUT2D eigenvalue weighted by Crippen LogP contribution is -2.11. The molecule has 7 heteroatoms. The lowest BCUT2D eigenvalue weighted by molar-refractivity contribution is 0.0688. The molecule has 0 bridgehead atoms. The summed E-state index contributed by atoms with van der Waals surface area (Å²) >= 11 is 0. The van der Waals surface area contributed by atoms with Gasteiger partial charge in [-0.05, 0) is 18.1 Å². The number of aromatic amines is 1. The highest BCUT2D eigenvalue weighted by molar-refractivity contribution is 5.86. The molecule has 3 rings (SSSR count). The van der Waals surface area contributed by atoms with Gasteiger partial charge in [-0.2, -0.15) is 0 Å². The van der Waals surface area contributed by atoms with E-state index >= 15 is 0 Å². The van der Waals surface area contributed by atoms with E-state index in [-0.39, 0.29) is 11.6 Å².